The van der Waals surface area contributed by atoms with Crippen molar-refractivity contribution >= 4 is 0 Å². The number of ether oxygens (including phenoxy) is 2. The Morgan fingerprint density at radius 1 is 0.739 bits per heavy atom. The highest BCUT2D eigenvalue weighted by Gasteiger charge is 2.08. The van der Waals surface area contributed by atoms with Crippen molar-refractivity contribution in [1.82, 2.24) is 0 Å². The molecule has 0 aromatic carbocycles. The molecule has 0 rings (SSSR count). The zero-order chi connectivity index (χ0) is 17.0. The van der Waals surface area contributed by atoms with Gasteiger partial charge in [0.2, 0.25) is 0 Å². The first-order chi connectivity index (χ1) is 11.3. The second-order valence-corrected chi connectivity index (χ2v) is 6.21. The lowest BCUT2D eigenvalue weighted by molar-refractivity contribution is -0.148. The highest BCUT2D eigenvalue weighted by Crippen LogP contribution is 2.12. The number of rotatable bonds is 18. The molecule has 0 aliphatic rings. The van der Waals surface area contributed by atoms with Crippen LogP contribution in [0.15, 0.2) is 12.2 Å². The van der Waals surface area contributed by atoms with Crippen LogP contribution in [0.4, 0.5) is 0 Å². The average molecular weight is 329 g/mol. The van der Waals surface area contributed by atoms with E-state index in [4.69, 9.17) is 14.6 Å². The predicted molar refractivity (Wildman–Crippen MR) is 98.7 cm³/mol. The van der Waals surface area contributed by atoms with Crippen molar-refractivity contribution in [3.05, 3.63) is 12.2 Å². The van der Waals surface area contributed by atoms with Gasteiger partial charge >= 0.3 is 0 Å². The van der Waals surface area contributed by atoms with Crippen molar-refractivity contribution in [2.75, 3.05) is 19.8 Å². The summed E-state index contributed by atoms with van der Waals surface area (Å²) < 4.78 is 11.8. The number of aliphatic hydroxyl groups excluding tert-OH is 1. The smallest absolute Gasteiger partial charge is 0.157 e. The minimum absolute atomic E-state index is 0.00589. The van der Waals surface area contributed by atoms with E-state index in [0.717, 1.165) is 45.3 Å². The normalized spacial score (nSPS) is 11.8. The summed E-state index contributed by atoms with van der Waals surface area (Å²) in [4.78, 5) is 0. The standard InChI is InChI=1S/C20H40O3/c1-3-5-14-18-22-20(23-19-15-6-4-2)16-12-10-8-7-9-11-13-17-21/h9,11,20-21H,3-8,10,12-19H2,1-2H3/b11-9+. The third-order valence-corrected chi connectivity index (χ3v) is 3.88. The molecule has 0 saturated carbocycles. The van der Waals surface area contributed by atoms with E-state index in [-0.39, 0.29) is 12.9 Å². The van der Waals surface area contributed by atoms with Crippen LogP contribution in [-0.2, 0) is 9.47 Å². The van der Waals surface area contributed by atoms with Crippen molar-refractivity contribution < 1.29 is 14.6 Å². The molecular formula is C20H40O3. The Kier molecular flexibility index (Phi) is 19.3. The van der Waals surface area contributed by atoms with E-state index >= 15 is 0 Å². The van der Waals surface area contributed by atoms with Gasteiger partial charge < -0.3 is 14.6 Å². The molecule has 0 aliphatic carbocycles. The minimum Gasteiger partial charge on any atom is -0.396 e. The van der Waals surface area contributed by atoms with Crippen LogP contribution in [0.2, 0.25) is 0 Å². The largest absolute Gasteiger partial charge is 0.396 e. The van der Waals surface area contributed by atoms with Crippen LogP contribution >= 0.6 is 0 Å². The lowest BCUT2D eigenvalue weighted by Gasteiger charge is -2.18. The van der Waals surface area contributed by atoms with E-state index in [1.54, 1.807) is 0 Å². The van der Waals surface area contributed by atoms with E-state index in [0.29, 0.717) is 0 Å². The number of hydrogen-bond acceptors (Lipinski definition) is 3. The van der Waals surface area contributed by atoms with Crippen LogP contribution in [0, 0.1) is 0 Å². The fourth-order valence-electron chi connectivity index (χ4n) is 2.41. The molecule has 0 heterocycles. The second-order valence-electron chi connectivity index (χ2n) is 6.21. The Labute approximate surface area is 144 Å². The van der Waals surface area contributed by atoms with Gasteiger partial charge in [-0.25, -0.2) is 0 Å². The maximum atomic E-state index is 8.70. The summed E-state index contributed by atoms with van der Waals surface area (Å²) in [6.45, 7) is 6.34. The van der Waals surface area contributed by atoms with Gasteiger partial charge in [-0.15, -0.1) is 0 Å². The van der Waals surface area contributed by atoms with Gasteiger partial charge in [0.05, 0.1) is 0 Å². The van der Waals surface area contributed by atoms with E-state index < -0.39 is 0 Å². The molecule has 0 spiro atoms. The van der Waals surface area contributed by atoms with Gasteiger partial charge in [0.1, 0.15) is 0 Å². The maximum Gasteiger partial charge on any atom is 0.157 e. The van der Waals surface area contributed by atoms with Crippen LogP contribution in [0.5, 0.6) is 0 Å². The van der Waals surface area contributed by atoms with Gasteiger partial charge in [0.15, 0.2) is 6.29 Å². The molecule has 0 aromatic heterocycles. The SMILES string of the molecule is CCCCCOC(CCCCC/C=C/CCO)OCCCCC. The van der Waals surface area contributed by atoms with Crippen LogP contribution < -0.4 is 0 Å². The predicted octanol–water partition coefficient (Wildman–Crippen LogP) is 5.62. The third-order valence-electron chi connectivity index (χ3n) is 3.88. The van der Waals surface area contributed by atoms with E-state index in [1.165, 1.54) is 44.9 Å². The first kappa shape index (κ1) is 22.6. The van der Waals surface area contributed by atoms with Crippen LogP contribution in [0.3, 0.4) is 0 Å². The molecule has 3 heteroatoms. The zero-order valence-corrected chi connectivity index (χ0v) is 15.6. The summed E-state index contributed by atoms with van der Waals surface area (Å²) in [5.41, 5.74) is 0. The van der Waals surface area contributed by atoms with Crippen molar-refractivity contribution in [1.29, 1.82) is 0 Å². The molecule has 0 aliphatic heterocycles. The summed E-state index contributed by atoms with van der Waals surface area (Å²) in [5.74, 6) is 0. The Bertz CT molecular complexity index is 229. The third kappa shape index (κ3) is 17.8. The molecule has 0 radical (unpaired) electrons. The Morgan fingerprint density at radius 2 is 1.35 bits per heavy atom. The maximum absolute atomic E-state index is 8.70. The summed E-state index contributed by atoms with van der Waals surface area (Å²) in [5, 5.41) is 8.70. The lowest BCUT2D eigenvalue weighted by Crippen LogP contribution is -2.19. The zero-order valence-electron chi connectivity index (χ0n) is 15.6. The summed E-state index contributed by atoms with van der Waals surface area (Å²) >= 11 is 0. The molecule has 0 atom stereocenters. The molecule has 1 N–H and O–H groups in total. The molecular weight excluding hydrogens is 288 g/mol. The van der Waals surface area contributed by atoms with Crippen molar-refractivity contribution in [2.45, 2.75) is 97.2 Å². The minimum atomic E-state index is -0.00589. The highest BCUT2D eigenvalue weighted by atomic mass is 16.7. The van der Waals surface area contributed by atoms with Gasteiger partial charge in [-0.05, 0) is 44.9 Å². The molecule has 0 unspecified atom stereocenters. The molecule has 3 nitrogen and oxygen atoms in total. The molecule has 0 bridgehead atoms. The molecule has 23 heavy (non-hydrogen) atoms. The monoisotopic (exact) mass is 328 g/mol. The summed E-state index contributed by atoms with van der Waals surface area (Å²) in [6, 6.07) is 0. The highest BCUT2D eigenvalue weighted by molar-refractivity contribution is 4.80. The molecule has 0 saturated heterocycles. The van der Waals surface area contributed by atoms with Gasteiger partial charge in [0.25, 0.3) is 0 Å². The van der Waals surface area contributed by atoms with Gasteiger partial charge in [0, 0.05) is 19.8 Å². The fourth-order valence-corrected chi connectivity index (χ4v) is 2.41. The van der Waals surface area contributed by atoms with Crippen LogP contribution in [0.1, 0.15) is 90.9 Å². The average Bonchev–Trinajstić information content (AvgIpc) is 2.57. The molecule has 138 valence electrons. The summed E-state index contributed by atoms with van der Waals surface area (Å²) in [6.07, 6.45) is 18.0. The Hall–Kier alpha value is -0.380. The Morgan fingerprint density at radius 3 is 1.91 bits per heavy atom. The quantitative estimate of drug-likeness (QED) is 0.202. The van der Waals surface area contributed by atoms with Gasteiger partial charge in [-0.3, -0.25) is 0 Å². The van der Waals surface area contributed by atoms with E-state index in [2.05, 4.69) is 26.0 Å². The number of aliphatic hydroxyl groups is 1. The van der Waals surface area contributed by atoms with E-state index in [9.17, 15) is 0 Å². The molecule has 0 amide bonds. The number of allylic oxidation sites excluding steroid dienone is 1. The fraction of sp³-hybridized carbons (Fsp3) is 0.900. The lowest BCUT2D eigenvalue weighted by atomic mass is 10.1. The number of hydrogen-bond donors (Lipinski definition) is 1. The van der Waals surface area contributed by atoms with Crippen molar-refractivity contribution in [3.63, 3.8) is 0 Å². The molecule has 0 fully saturated rings. The van der Waals surface area contributed by atoms with Crippen molar-refractivity contribution in [3.8, 4) is 0 Å². The van der Waals surface area contributed by atoms with Gasteiger partial charge in [-0.2, -0.15) is 0 Å². The number of unbranched alkanes of at least 4 members (excludes halogenated alkanes) is 7. The topological polar surface area (TPSA) is 38.7 Å². The van der Waals surface area contributed by atoms with Crippen molar-refractivity contribution in [2.24, 2.45) is 0 Å². The second kappa shape index (κ2) is 19.7. The van der Waals surface area contributed by atoms with Crippen LogP contribution in [-0.4, -0.2) is 31.2 Å². The molecule has 0 aromatic rings. The van der Waals surface area contributed by atoms with E-state index in [1.807, 2.05) is 0 Å². The first-order valence-corrected chi connectivity index (χ1v) is 9.84. The van der Waals surface area contributed by atoms with Crippen LogP contribution in [0.25, 0.3) is 0 Å². The first-order valence-electron chi connectivity index (χ1n) is 9.84. The van der Waals surface area contributed by atoms with Gasteiger partial charge in [-0.1, -0.05) is 58.1 Å². The Balaban J connectivity index is 3.72. The summed E-state index contributed by atoms with van der Waals surface area (Å²) in [7, 11) is 0.